The quantitative estimate of drug-likeness (QED) is 0.459. The highest BCUT2D eigenvalue weighted by atomic mass is 35.5. The summed E-state index contributed by atoms with van der Waals surface area (Å²) in [6.45, 7) is -0.349. The van der Waals surface area contributed by atoms with Gasteiger partial charge in [-0.25, -0.2) is 8.42 Å². The average Bonchev–Trinajstić information content (AvgIpc) is 2.82. The van der Waals surface area contributed by atoms with Crippen molar-refractivity contribution >= 4 is 44.8 Å². The molecule has 1 amide bonds. The number of anilines is 1. The maximum absolute atomic E-state index is 13.4. The first-order valence-corrected chi connectivity index (χ1v) is 12.0. The first-order valence-electron chi connectivity index (χ1n) is 9.76. The largest absolute Gasteiger partial charge is 0.493 e. The molecule has 174 valence electrons. The summed E-state index contributed by atoms with van der Waals surface area (Å²) in [5, 5.41) is 3.58. The van der Waals surface area contributed by atoms with Crippen LogP contribution >= 0.6 is 23.2 Å². The Morgan fingerprint density at radius 2 is 1.64 bits per heavy atom. The highest BCUT2D eigenvalue weighted by molar-refractivity contribution is 7.92. The molecule has 0 heterocycles. The Balaban J connectivity index is 1.91. The molecule has 1 N–H and O–H groups in total. The van der Waals surface area contributed by atoms with Crippen molar-refractivity contribution in [3.05, 3.63) is 82.3 Å². The molecule has 33 heavy (non-hydrogen) atoms. The van der Waals surface area contributed by atoms with Crippen LogP contribution in [0.15, 0.2) is 71.6 Å². The molecule has 0 fully saturated rings. The van der Waals surface area contributed by atoms with Gasteiger partial charge in [-0.15, -0.1) is 0 Å². The molecule has 0 aromatic heterocycles. The fourth-order valence-electron chi connectivity index (χ4n) is 3.06. The zero-order chi connectivity index (χ0) is 24.0. The van der Waals surface area contributed by atoms with Gasteiger partial charge in [0.15, 0.2) is 11.5 Å². The minimum atomic E-state index is -4.06. The zero-order valence-corrected chi connectivity index (χ0v) is 20.2. The number of amides is 1. The molecule has 0 spiro atoms. The third-order valence-electron chi connectivity index (χ3n) is 4.76. The predicted octanol–water partition coefficient (Wildman–Crippen LogP) is 4.52. The molecule has 0 radical (unpaired) electrons. The van der Waals surface area contributed by atoms with E-state index in [1.165, 1.54) is 32.4 Å². The number of sulfonamides is 1. The van der Waals surface area contributed by atoms with Crippen molar-refractivity contribution < 1.29 is 22.7 Å². The summed E-state index contributed by atoms with van der Waals surface area (Å²) in [7, 11) is -1.14. The number of hydrogen-bond donors (Lipinski definition) is 1. The SMILES string of the molecule is COc1ccc(N(CC(=O)NCc2ccc(Cl)cc2Cl)S(=O)(=O)c2ccccc2)cc1OC. The Hall–Kier alpha value is -2.94. The Kier molecular flexibility index (Phi) is 8.07. The van der Waals surface area contributed by atoms with Gasteiger partial charge >= 0.3 is 0 Å². The molecular weight excluding hydrogens is 487 g/mol. The van der Waals surface area contributed by atoms with E-state index in [4.69, 9.17) is 32.7 Å². The molecule has 0 aliphatic carbocycles. The molecule has 10 heteroatoms. The van der Waals surface area contributed by atoms with Crippen molar-refractivity contribution in [1.82, 2.24) is 5.32 Å². The van der Waals surface area contributed by atoms with Crippen LogP contribution in [0.4, 0.5) is 5.69 Å². The number of nitrogens with one attached hydrogen (secondary N) is 1. The van der Waals surface area contributed by atoms with Crippen LogP contribution in [0.1, 0.15) is 5.56 Å². The molecule has 0 aliphatic rings. The molecule has 0 saturated carbocycles. The van der Waals surface area contributed by atoms with E-state index in [1.807, 2.05) is 0 Å². The highest BCUT2D eigenvalue weighted by Crippen LogP contribution is 2.33. The van der Waals surface area contributed by atoms with Crippen molar-refractivity contribution in [2.45, 2.75) is 11.4 Å². The number of hydrogen-bond acceptors (Lipinski definition) is 5. The van der Waals surface area contributed by atoms with Crippen LogP contribution < -0.4 is 19.1 Å². The summed E-state index contributed by atoms with van der Waals surface area (Å²) < 4.78 is 38.4. The van der Waals surface area contributed by atoms with Gasteiger partial charge in [-0.1, -0.05) is 47.5 Å². The molecule has 3 aromatic carbocycles. The fourth-order valence-corrected chi connectivity index (χ4v) is 4.97. The third kappa shape index (κ3) is 5.90. The van der Waals surface area contributed by atoms with E-state index in [0.29, 0.717) is 27.1 Å². The number of carbonyl (C=O) groups is 1. The Morgan fingerprint density at radius 3 is 2.27 bits per heavy atom. The van der Waals surface area contributed by atoms with Gasteiger partial charge in [-0.05, 0) is 42.0 Å². The van der Waals surface area contributed by atoms with Crippen molar-refractivity contribution in [3.8, 4) is 11.5 Å². The van der Waals surface area contributed by atoms with Gasteiger partial charge in [0, 0.05) is 22.7 Å². The second kappa shape index (κ2) is 10.8. The Labute approximate surface area is 202 Å². The zero-order valence-electron chi connectivity index (χ0n) is 17.9. The van der Waals surface area contributed by atoms with Gasteiger partial charge in [0.1, 0.15) is 6.54 Å². The Bertz CT molecular complexity index is 1240. The van der Waals surface area contributed by atoms with Crippen LogP contribution in [0.5, 0.6) is 11.5 Å². The lowest BCUT2D eigenvalue weighted by atomic mass is 10.2. The molecule has 0 bridgehead atoms. The van der Waals surface area contributed by atoms with Crippen LogP contribution in [0.2, 0.25) is 10.0 Å². The molecule has 3 rings (SSSR count). The fraction of sp³-hybridized carbons (Fsp3) is 0.174. The summed E-state index contributed by atoms with van der Waals surface area (Å²) in [5.41, 5.74) is 0.897. The smallest absolute Gasteiger partial charge is 0.264 e. The van der Waals surface area contributed by atoms with Crippen LogP contribution in [0.25, 0.3) is 0 Å². The van der Waals surface area contributed by atoms with Gasteiger partial charge in [0.25, 0.3) is 10.0 Å². The number of ether oxygens (including phenoxy) is 2. The summed E-state index contributed by atoms with van der Waals surface area (Å²) in [4.78, 5) is 12.8. The summed E-state index contributed by atoms with van der Waals surface area (Å²) in [6.07, 6.45) is 0. The second-order valence-corrected chi connectivity index (χ2v) is 9.58. The maximum Gasteiger partial charge on any atom is 0.264 e. The number of nitrogens with zero attached hydrogens (tertiary/aromatic N) is 1. The lowest BCUT2D eigenvalue weighted by Crippen LogP contribution is -2.40. The predicted molar refractivity (Wildman–Crippen MR) is 129 cm³/mol. The normalized spacial score (nSPS) is 11.0. The lowest BCUT2D eigenvalue weighted by Gasteiger charge is -2.25. The average molecular weight is 509 g/mol. The monoisotopic (exact) mass is 508 g/mol. The summed E-state index contributed by atoms with van der Waals surface area (Å²) in [6, 6.07) is 17.4. The molecule has 7 nitrogen and oxygen atoms in total. The molecule has 0 aliphatic heterocycles. The van der Waals surface area contributed by atoms with Gasteiger partial charge in [0.05, 0.1) is 24.8 Å². The lowest BCUT2D eigenvalue weighted by molar-refractivity contribution is -0.119. The first-order chi connectivity index (χ1) is 15.8. The molecule has 0 unspecified atom stereocenters. The molecular formula is C23H22Cl2N2O5S. The number of carbonyl (C=O) groups excluding carboxylic acids is 1. The minimum Gasteiger partial charge on any atom is -0.493 e. The van der Waals surface area contributed by atoms with E-state index in [-0.39, 0.29) is 17.1 Å². The van der Waals surface area contributed by atoms with Gasteiger partial charge in [-0.2, -0.15) is 0 Å². The number of benzene rings is 3. The first kappa shape index (κ1) is 24.7. The van der Waals surface area contributed by atoms with E-state index in [2.05, 4.69) is 5.32 Å². The maximum atomic E-state index is 13.4. The second-order valence-electron chi connectivity index (χ2n) is 6.88. The third-order valence-corrected chi connectivity index (χ3v) is 7.14. The summed E-state index contributed by atoms with van der Waals surface area (Å²) in [5.74, 6) is 0.243. The van der Waals surface area contributed by atoms with E-state index in [1.54, 1.807) is 48.5 Å². The topological polar surface area (TPSA) is 84.9 Å². The van der Waals surface area contributed by atoms with Crippen LogP contribution in [-0.4, -0.2) is 35.1 Å². The standard InChI is InChI=1S/C23H22Cl2N2O5S/c1-31-21-11-10-18(13-22(21)32-2)27(33(29,30)19-6-4-3-5-7-19)15-23(28)26-14-16-8-9-17(24)12-20(16)25/h3-13H,14-15H2,1-2H3,(H,26,28). The van der Waals surface area contributed by atoms with E-state index in [0.717, 1.165) is 4.31 Å². The van der Waals surface area contributed by atoms with Crippen molar-refractivity contribution in [3.63, 3.8) is 0 Å². The van der Waals surface area contributed by atoms with Crippen molar-refractivity contribution in [2.24, 2.45) is 0 Å². The van der Waals surface area contributed by atoms with E-state index < -0.39 is 22.5 Å². The van der Waals surface area contributed by atoms with Gasteiger partial charge in [0.2, 0.25) is 5.91 Å². The number of rotatable bonds is 9. The molecule has 0 saturated heterocycles. The van der Waals surface area contributed by atoms with Crippen molar-refractivity contribution in [2.75, 3.05) is 25.1 Å². The van der Waals surface area contributed by atoms with E-state index >= 15 is 0 Å². The van der Waals surface area contributed by atoms with Gasteiger partial charge in [-0.3, -0.25) is 9.10 Å². The number of methoxy groups -OCH3 is 2. The molecule has 0 atom stereocenters. The van der Waals surface area contributed by atoms with Crippen LogP contribution in [0.3, 0.4) is 0 Å². The van der Waals surface area contributed by atoms with Crippen LogP contribution in [0, 0.1) is 0 Å². The Morgan fingerprint density at radius 1 is 0.939 bits per heavy atom. The summed E-state index contributed by atoms with van der Waals surface area (Å²) >= 11 is 12.1. The number of halogens is 2. The van der Waals surface area contributed by atoms with Gasteiger partial charge < -0.3 is 14.8 Å². The molecule has 3 aromatic rings. The minimum absolute atomic E-state index is 0.0494. The van der Waals surface area contributed by atoms with Crippen molar-refractivity contribution in [1.29, 1.82) is 0 Å². The van der Waals surface area contributed by atoms with Crippen LogP contribution in [-0.2, 0) is 21.4 Å². The van der Waals surface area contributed by atoms with E-state index in [9.17, 15) is 13.2 Å². The highest BCUT2D eigenvalue weighted by Gasteiger charge is 2.28.